The van der Waals surface area contributed by atoms with Gasteiger partial charge in [0.05, 0.1) is 11.3 Å². The molecular weight excluding hydrogens is 645 g/mol. The van der Waals surface area contributed by atoms with E-state index in [1.165, 1.54) is 23.5 Å². The van der Waals surface area contributed by atoms with Crippen molar-refractivity contribution in [3.05, 3.63) is 75.8 Å². The smallest absolute Gasteiger partial charge is 0.416 e. The Bertz CT molecular complexity index is 1670. The standard InChI is InChI=1S/C35H41F3N4O5S/c1-33(2,3)42-32(45)46-28-18-17-24(19-22(28)13-16-25-20-48-30(40-25)41-31(44)47-34(4,5)6)39-29(43)27-10-8-7-9-26(27)21-11-14-23(15-12-21)35(36,37)38/h11-12,14-15,17-20H,7-10,13,16H2,1-6H3,(H,39,43)(H,42,45)(H,40,41,44). The first-order valence-electron chi connectivity index (χ1n) is 15.6. The van der Waals surface area contributed by atoms with Gasteiger partial charge in [-0.25, -0.2) is 14.6 Å². The molecule has 0 aliphatic heterocycles. The Balaban J connectivity index is 1.55. The van der Waals surface area contributed by atoms with Crippen molar-refractivity contribution in [2.75, 3.05) is 10.6 Å². The first-order chi connectivity index (χ1) is 22.4. The van der Waals surface area contributed by atoms with Crippen LogP contribution in [0.15, 0.2) is 53.4 Å². The van der Waals surface area contributed by atoms with Crippen molar-refractivity contribution in [2.24, 2.45) is 0 Å². The number of aromatic nitrogens is 1. The van der Waals surface area contributed by atoms with Gasteiger partial charge >= 0.3 is 18.4 Å². The lowest BCUT2D eigenvalue weighted by atomic mass is 9.86. The van der Waals surface area contributed by atoms with Crippen molar-refractivity contribution in [3.8, 4) is 5.75 Å². The first kappa shape index (κ1) is 36.4. The van der Waals surface area contributed by atoms with Gasteiger partial charge in [-0.3, -0.25) is 10.1 Å². The quantitative estimate of drug-likeness (QED) is 0.218. The van der Waals surface area contributed by atoms with Crippen molar-refractivity contribution < 1.29 is 37.0 Å². The van der Waals surface area contributed by atoms with Crippen LogP contribution in [0.5, 0.6) is 5.75 Å². The number of nitrogens with zero attached hydrogens (tertiary/aromatic N) is 1. The number of halogens is 3. The topological polar surface area (TPSA) is 119 Å². The number of nitrogens with one attached hydrogen (secondary N) is 3. The summed E-state index contributed by atoms with van der Waals surface area (Å²) in [7, 11) is 0. The summed E-state index contributed by atoms with van der Waals surface area (Å²) in [6.45, 7) is 10.8. The summed E-state index contributed by atoms with van der Waals surface area (Å²) in [6, 6.07) is 9.86. The summed E-state index contributed by atoms with van der Waals surface area (Å²) in [5, 5.41) is 10.5. The molecule has 1 aliphatic rings. The molecule has 0 spiro atoms. The third kappa shape index (κ3) is 10.8. The molecule has 3 aromatic rings. The highest BCUT2D eigenvalue weighted by Crippen LogP contribution is 2.36. The van der Waals surface area contributed by atoms with E-state index in [1.54, 1.807) is 39.0 Å². The van der Waals surface area contributed by atoms with Crippen LogP contribution in [0.25, 0.3) is 5.57 Å². The second-order valence-electron chi connectivity index (χ2n) is 13.6. The Hall–Kier alpha value is -4.39. The third-order valence-electron chi connectivity index (χ3n) is 7.11. The van der Waals surface area contributed by atoms with E-state index < -0.39 is 35.1 Å². The summed E-state index contributed by atoms with van der Waals surface area (Å²) < 4.78 is 50.3. The molecule has 258 valence electrons. The number of rotatable bonds is 8. The predicted octanol–water partition coefficient (Wildman–Crippen LogP) is 9.15. The molecule has 1 heterocycles. The highest BCUT2D eigenvalue weighted by molar-refractivity contribution is 7.13. The zero-order valence-electron chi connectivity index (χ0n) is 27.9. The van der Waals surface area contributed by atoms with Crippen molar-refractivity contribution in [3.63, 3.8) is 0 Å². The second-order valence-corrected chi connectivity index (χ2v) is 14.4. The number of ether oxygens (including phenoxy) is 2. The molecule has 0 atom stereocenters. The fourth-order valence-electron chi connectivity index (χ4n) is 5.06. The number of hydrogen-bond donors (Lipinski definition) is 3. The molecule has 0 bridgehead atoms. The van der Waals surface area contributed by atoms with Crippen LogP contribution < -0.4 is 20.7 Å². The molecule has 0 saturated carbocycles. The fraction of sp³-hybridized carbons (Fsp3) is 0.429. The van der Waals surface area contributed by atoms with Gasteiger partial charge in [0, 0.05) is 22.2 Å². The van der Waals surface area contributed by atoms with Gasteiger partial charge in [-0.2, -0.15) is 13.2 Å². The minimum absolute atomic E-state index is 0.305. The van der Waals surface area contributed by atoms with Crippen molar-refractivity contribution >= 4 is 45.8 Å². The molecule has 3 amide bonds. The number of thiazole rings is 1. The third-order valence-corrected chi connectivity index (χ3v) is 7.92. The van der Waals surface area contributed by atoms with Crippen LogP contribution >= 0.6 is 11.3 Å². The van der Waals surface area contributed by atoms with E-state index in [9.17, 15) is 27.6 Å². The Morgan fingerprint density at radius 2 is 1.56 bits per heavy atom. The van der Waals surface area contributed by atoms with Crippen LogP contribution in [0.2, 0.25) is 0 Å². The maximum Gasteiger partial charge on any atom is 0.416 e. The van der Waals surface area contributed by atoms with E-state index in [4.69, 9.17) is 9.47 Å². The molecule has 13 heteroatoms. The van der Waals surface area contributed by atoms with Crippen LogP contribution in [0.4, 0.5) is 33.6 Å². The van der Waals surface area contributed by atoms with Gasteiger partial charge < -0.3 is 20.1 Å². The Kier molecular flexibility index (Phi) is 11.2. The van der Waals surface area contributed by atoms with Crippen LogP contribution in [0.1, 0.15) is 89.6 Å². The normalized spacial score (nSPS) is 13.9. The predicted molar refractivity (Wildman–Crippen MR) is 180 cm³/mol. The molecule has 48 heavy (non-hydrogen) atoms. The second kappa shape index (κ2) is 14.8. The zero-order valence-corrected chi connectivity index (χ0v) is 28.7. The minimum atomic E-state index is -4.45. The molecular formula is C35H41F3N4O5S. The van der Waals surface area contributed by atoms with Crippen LogP contribution in [-0.2, 0) is 28.5 Å². The molecule has 9 nitrogen and oxygen atoms in total. The average molecular weight is 687 g/mol. The van der Waals surface area contributed by atoms with Gasteiger partial charge in [0.15, 0.2) is 5.13 Å². The highest BCUT2D eigenvalue weighted by atomic mass is 32.1. The molecule has 2 aromatic carbocycles. The number of anilines is 2. The summed E-state index contributed by atoms with van der Waals surface area (Å²) in [6.07, 6.45) is -2.19. The van der Waals surface area contributed by atoms with E-state index in [1.807, 2.05) is 26.2 Å². The highest BCUT2D eigenvalue weighted by Gasteiger charge is 2.30. The van der Waals surface area contributed by atoms with E-state index in [2.05, 4.69) is 20.9 Å². The Morgan fingerprint density at radius 3 is 2.21 bits per heavy atom. The van der Waals surface area contributed by atoms with E-state index >= 15 is 0 Å². The van der Waals surface area contributed by atoms with E-state index in [-0.39, 0.29) is 5.91 Å². The average Bonchev–Trinajstić information content (AvgIpc) is 3.41. The lowest BCUT2D eigenvalue weighted by Crippen LogP contribution is -2.42. The summed E-state index contributed by atoms with van der Waals surface area (Å²) in [5.74, 6) is -0.0357. The van der Waals surface area contributed by atoms with Crippen molar-refractivity contribution in [2.45, 2.75) is 97.4 Å². The van der Waals surface area contributed by atoms with Gasteiger partial charge in [-0.1, -0.05) is 12.1 Å². The van der Waals surface area contributed by atoms with Gasteiger partial charge in [0.25, 0.3) is 5.91 Å². The van der Waals surface area contributed by atoms with Crippen LogP contribution in [-0.4, -0.2) is 34.2 Å². The van der Waals surface area contributed by atoms with Gasteiger partial charge in [-0.15, -0.1) is 11.3 Å². The number of amides is 3. The summed E-state index contributed by atoms with van der Waals surface area (Å²) in [5.41, 5.74) is 1.71. The maximum atomic E-state index is 13.6. The number of carbonyl (C=O) groups excluding carboxylic acids is 3. The number of hydrogen-bond acceptors (Lipinski definition) is 7. The minimum Gasteiger partial charge on any atom is -0.444 e. The fourth-order valence-corrected chi connectivity index (χ4v) is 5.79. The lowest BCUT2D eigenvalue weighted by molar-refractivity contribution is -0.137. The number of carbonyl (C=O) groups is 3. The molecule has 4 rings (SSSR count). The van der Waals surface area contributed by atoms with E-state index in [0.717, 1.165) is 30.5 Å². The molecule has 0 saturated heterocycles. The maximum absolute atomic E-state index is 13.6. The zero-order chi connectivity index (χ0) is 35.3. The van der Waals surface area contributed by atoms with E-state index in [0.29, 0.717) is 64.6 Å². The molecule has 0 fully saturated rings. The Morgan fingerprint density at radius 1 is 0.875 bits per heavy atom. The summed E-state index contributed by atoms with van der Waals surface area (Å²) in [4.78, 5) is 42.8. The monoisotopic (exact) mass is 686 g/mol. The molecule has 0 unspecified atom stereocenters. The van der Waals surface area contributed by atoms with Crippen LogP contribution in [0, 0.1) is 0 Å². The molecule has 1 aromatic heterocycles. The number of aryl methyl sites for hydroxylation is 2. The van der Waals surface area contributed by atoms with Crippen molar-refractivity contribution in [1.82, 2.24) is 10.3 Å². The number of alkyl halides is 3. The number of benzene rings is 2. The lowest BCUT2D eigenvalue weighted by Gasteiger charge is -2.22. The van der Waals surface area contributed by atoms with Gasteiger partial charge in [-0.05, 0) is 127 Å². The van der Waals surface area contributed by atoms with Gasteiger partial charge in [0.1, 0.15) is 11.4 Å². The molecule has 3 N–H and O–H groups in total. The van der Waals surface area contributed by atoms with Crippen molar-refractivity contribution in [1.29, 1.82) is 0 Å². The van der Waals surface area contributed by atoms with Crippen LogP contribution in [0.3, 0.4) is 0 Å². The Labute approximate surface area is 282 Å². The molecule has 0 radical (unpaired) electrons. The SMILES string of the molecule is CC(C)(C)NC(=O)Oc1ccc(NC(=O)C2=C(c3ccc(C(F)(F)F)cc3)CCCC2)cc1CCc1csc(NC(=O)OC(C)(C)C)n1. The summed E-state index contributed by atoms with van der Waals surface area (Å²) >= 11 is 1.25. The largest absolute Gasteiger partial charge is 0.444 e. The number of allylic oxidation sites excluding steroid dienone is 1. The van der Waals surface area contributed by atoms with Gasteiger partial charge in [0.2, 0.25) is 0 Å². The molecule has 1 aliphatic carbocycles. The first-order valence-corrected chi connectivity index (χ1v) is 16.5.